The molecule has 2 rings (SSSR count). The second kappa shape index (κ2) is 4.02. The van der Waals surface area contributed by atoms with E-state index in [-0.39, 0.29) is 5.69 Å². The van der Waals surface area contributed by atoms with Gasteiger partial charge in [-0.15, -0.1) is 0 Å². The summed E-state index contributed by atoms with van der Waals surface area (Å²) in [4.78, 5) is 15.1. The zero-order valence-corrected chi connectivity index (χ0v) is 8.55. The first-order valence-electron chi connectivity index (χ1n) is 4.79. The fourth-order valence-corrected chi connectivity index (χ4v) is 1.39. The number of carbonyl (C=O) groups excluding carboxylic acids is 1. The van der Waals surface area contributed by atoms with E-state index in [1.807, 2.05) is 18.2 Å². The highest BCUT2D eigenvalue weighted by Gasteiger charge is 2.04. The van der Waals surface area contributed by atoms with Crippen molar-refractivity contribution in [1.82, 2.24) is 4.98 Å². The van der Waals surface area contributed by atoms with E-state index < -0.39 is 5.91 Å². The number of amides is 1. The number of primary amides is 1. The Morgan fingerprint density at radius 2 is 1.75 bits per heavy atom. The second-order valence-corrected chi connectivity index (χ2v) is 3.39. The second-order valence-electron chi connectivity index (χ2n) is 3.39. The van der Waals surface area contributed by atoms with Gasteiger partial charge in [0.1, 0.15) is 5.69 Å². The zero-order chi connectivity index (χ0) is 11.5. The Balaban J connectivity index is 2.44. The van der Waals surface area contributed by atoms with Crippen molar-refractivity contribution >= 4 is 11.6 Å². The molecule has 0 spiro atoms. The van der Waals surface area contributed by atoms with Crippen molar-refractivity contribution in [3.8, 4) is 11.3 Å². The van der Waals surface area contributed by atoms with Crippen LogP contribution in [0.1, 0.15) is 10.5 Å². The van der Waals surface area contributed by atoms with Crippen LogP contribution in [0.25, 0.3) is 11.3 Å². The largest absolute Gasteiger partial charge is 0.399 e. The van der Waals surface area contributed by atoms with E-state index in [4.69, 9.17) is 11.5 Å². The Morgan fingerprint density at radius 1 is 1.06 bits per heavy atom. The van der Waals surface area contributed by atoms with Gasteiger partial charge in [0.25, 0.3) is 5.91 Å². The molecule has 4 heteroatoms. The van der Waals surface area contributed by atoms with E-state index in [2.05, 4.69) is 4.98 Å². The van der Waals surface area contributed by atoms with Gasteiger partial charge in [-0.3, -0.25) is 4.79 Å². The Labute approximate surface area is 92.9 Å². The molecule has 4 N–H and O–H groups in total. The van der Waals surface area contributed by atoms with Crippen LogP contribution in [0, 0.1) is 0 Å². The number of pyridine rings is 1. The maximum absolute atomic E-state index is 11.0. The van der Waals surface area contributed by atoms with Crippen molar-refractivity contribution in [3.05, 3.63) is 48.2 Å². The minimum absolute atomic E-state index is 0.259. The molecular formula is C12H11N3O. The molecule has 0 atom stereocenters. The average molecular weight is 213 g/mol. The van der Waals surface area contributed by atoms with Gasteiger partial charge in [-0.25, -0.2) is 4.98 Å². The highest BCUT2D eigenvalue weighted by Crippen LogP contribution is 2.18. The van der Waals surface area contributed by atoms with E-state index in [0.717, 1.165) is 5.56 Å². The monoisotopic (exact) mass is 213 g/mol. The molecule has 0 saturated carbocycles. The summed E-state index contributed by atoms with van der Waals surface area (Å²) in [7, 11) is 0. The molecule has 4 nitrogen and oxygen atoms in total. The fourth-order valence-electron chi connectivity index (χ4n) is 1.39. The lowest BCUT2D eigenvalue weighted by Gasteiger charge is -2.02. The standard InChI is InChI=1S/C12H11N3O/c13-9-6-4-8(5-7-9)10-2-1-3-11(15-10)12(14)16/h1-7H,13H2,(H2,14,16). The third kappa shape index (κ3) is 2.00. The van der Waals surface area contributed by atoms with E-state index >= 15 is 0 Å². The summed E-state index contributed by atoms with van der Waals surface area (Å²) in [6, 6.07) is 12.4. The lowest BCUT2D eigenvalue weighted by molar-refractivity contribution is 0.0995. The summed E-state index contributed by atoms with van der Waals surface area (Å²) in [5, 5.41) is 0. The van der Waals surface area contributed by atoms with Gasteiger partial charge in [0, 0.05) is 11.3 Å². The number of nitrogens with zero attached hydrogens (tertiary/aromatic N) is 1. The van der Waals surface area contributed by atoms with Crippen LogP contribution in [0.3, 0.4) is 0 Å². The quantitative estimate of drug-likeness (QED) is 0.740. The number of anilines is 1. The third-order valence-electron chi connectivity index (χ3n) is 2.21. The number of nitrogens with two attached hydrogens (primary N) is 2. The Kier molecular flexibility index (Phi) is 2.55. The van der Waals surface area contributed by atoms with Crippen molar-refractivity contribution in [2.45, 2.75) is 0 Å². The molecule has 0 bridgehead atoms. The van der Waals surface area contributed by atoms with Crippen LogP contribution in [-0.2, 0) is 0 Å². The number of hydrogen-bond acceptors (Lipinski definition) is 3. The first-order chi connectivity index (χ1) is 7.66. The van der Waals surface area contributed by atoms with Crippen LogP contribution in [0.4, 0.5) is 5.69 Å². The smallest absolute Gasteiger partial charge is 0.267 e. The van der Waals surface area contributed by atoms with Crippen LogP contribution in [-0.4, -0.2) is 10.9 Å². The third-order valence-corrected chi connectivity index (χ3v) is 2.21. The molecule has 0 aliphatic rings. The lowest BCUT2D eigenvalue weighted by Crippen LogP contribution is -2.12. The van der Waals surface area contributed by atoms with Gasteiger partial charge in [-0.2, -0.15) is 0 Å². The summed E-state index contributed by atoms with van der Waals surface area (Å²) in [5.41, 5.74) is 13.3. The normalized spacial score (nSPS) is 10.0. The maximum Gasteiger partial charge on any atom is 0.267 e. The molecule has 0 saturated heterocycles. The minimum atomic E-state index is -0.530. The van der Waals surface area contributed by atoms with Crippen molar-refractivity contribution in [1.29, 1.82) is 0 Å². The number of nitrogen functional groups attached to an aromatic ring is 1. The van der Waals surface area contributed by atoms with Gasteiger partial charge in [0.05, 0.1) is 5.69 Å². The van der Waals surface area contributed by atoms with E-state index in [1.165, 1.54) is 0 Å². The highest BCUT2D eigenvalue weighted by molar-refractivity contribution is 5.91. The van der Waals surface area contributed by atoms with Crippen molar-refractivity contribution in [3.63, 3.8) is 0 Å². The van der Waals surface area contributed by atoms with Crippen LogP contribution < -0.4 is 11.5 Å². The maximum atomic E-state index is 11.0. The lowest BCUT2D eigenvalue weighted by atomic mass is 10.1. The first kappa shape index (κ1) is 10.2. The van der Waals surface area contributed by atoms with E-state index in [0.29, 0.717) is 11.4 Å². The van der Waals surface area contributed by atoms with Crippen LogP contribution in [0.15, 0.2) is 42.5 Å². The molecule has 0 unspecified atom stereocenters. The molecule has 1 aromatic carbocycles. The highest BCUT2D eigenvalue weighted by atomic mass is 16.1. The Bertz CT molecular complexity index is 520. The summed E-state index contributed by atoms with van der Waals surface area (Å²) in [6.45, 7) is 0. The summed E-state index contributed by atoms with van der Waals surface area (Å²) >= 11 is 0. The molecule has 2 aromatic rings. The van der Waals surface area contributed by atoms with E-state index in [1.54, 1.807) is 24.3 Å². The molecular weight excluding hydrogens is 202 g/mol. The Hall–Kier alpha value is -2.36. The molecule has 80 valence electrons. The van der Waals surface area contributed by atoms with Gasteiger partial charge in [-0.1, -0.05) is 18.2 Å². The number of carbonyl (C=O) groups is 1. The van der Waals surface area contributed by atoms with Crippen molar-refractivity contribution in [2.75, 3.05) is 5.73 Å². The molecule has 0 aliphatic carbocycles. The number of hydrogen-bond donors (Lipinski definition) is 2. The molecule has 1 amide bonds. The molecule has 0 fully saturated rings. The zero-order valence-electron chi connectivity index (χ0n) is 8.55. The van der Waals surface area contributed by atoms with Gasteiger partial charge < -0.3 is 11.5 Å². The van der Waals surface area contributed by atoms with Crippen molar-refractivity contribution < 1.29 is 4.79 Å². The molecule has 1 heterocycles. The first-order valence-corrected chi connectivity index (χ1v) is 4.79. The van der Waals surface area contributed by atoms with Gasteiger partial charge in [-0.05, 0) is 24.3 Å². The van der Waals surface area contributed by atoms with Crippen LogP contribution >= 0.6 is 0 Å². The van der Waals surface area contributed by atoms with Gasteiger partial charge in [0.15, 0.2) is 0 Å². The van der Waals surface area contributed by atoms with Crippen LogP contribution in [0.5, 0.6) is 0 Å². The average Bonchev–Trinajstić information content (AvgIpc) is 2.30. The summed E-state index contributed by atoms with van der Waals surface area (Å²) < 4.78 is 0. The number of rotatable bonds is 2. The molecule has 0 aliphatic heterocycles. The van der Waals surface area contributed by atoms with E-state index in [9.17, 15) is 4.79 Å². The topological polar surface area (TPSA) is 82.0 Å². The Morgan fingerprint density at radius 3 is 2.38 bits per heavy atom. The minimum Gasteiger partial charge on any atom is -0.399 e. The molecule has 1 aromatic heterocycles. The number of aromatic nitrogens is 1. The predicted molar refractivity (Wildman–Crippen MR) is 62.6 cm³/mol. The SMILES string of the molecule is NC(=O)c1cccc(-c2ccc(N)cc2)n1. The van der Waals surface area contributed by atoms with Crippen LogP contribution in [0.2, 0.25) is 0 Å². The summed E-state index contributed by atoms with van der Waals surface area (Å²) in [6.07, 6.45) is 0. The van der Waals surface area contributed by atoms with Gasteiger partial charge >= 0.3 is 0 Å². The van der Waals surface area contributed by atoms with Crippen molar-refractivity contribution in [2.24, 2.45) is 5.73 Å². The fraction of sp³-hybridized carbons (Fsp3) is 0. The van der Waals surface area contributed by atoms with Gasteiger partial charge in [0.2, 0.25) is 0 Å². The predicted octanol–water partition coefficient (Wildman–Crippen LogP) is 1.43. The number of benzene rings is 1. The summed E-state index contributed by atoms with van der Waals surface area (Å²) in [5.74, 6) is -0.530. The molecule has 0 radical (unpaired) electrons. The molecule has 16 heavy (non-hydrogen) atoms.